The van der Waals surface area contributed by atoms with Crippen molar-refractivity contribution in [2.75, 3.05) is 12.3 Å². The maximum Gasteiger partial charge on any atom is 0.124 e. The summed E-state index contributed by atoms with van der Waals surface area (Å²) in [6.45, 7) is 5.52. The number of nitrogen functional groups attached to an aromatic ring is 1. The van der Waals surface area contributed by atoms with E-state index in [-0.39, 0.29) is 0 Å². The van der Waals surface area contributed by atoms with Gasteiger partial charge in [-0.05, 0) is 55.6 Å². The number of hydrogen-bond donors (Lipinski definition) is 1. The molecule has 0 radical (unpaired) electrons. The topological polar surface area (TPSA) is 40.2 Å². The maximum absolute atomic E-state index is 5.92. The van der Waals surface area contributed by atoms with Crippen molar-refractivity contribution in [2.45, 2.75) is 20.4 Å². The van der Waals surface area contributed by atoms with Gasteiger partial charge in [0, 0.05) is 23.0 Å². The summed E-state index contributed by atoms with van der Waals surface area (Å²) in [7, 11) is 0. The SMILES string of the molecule is CCOc1ccc(N)cc1Cn1ccc2cc(C)ccc21. The van der Waals surface area contributed by atoms with Crippen LogP contribution in [0.5, 0.6) is 5.75 Å². The summed E-state index contributed by atoms with van der Waals surface area (Å²) in [4.78, 5) is 0. The second-order valence-electron chi connectivity index (χ2n) is 5.31. The second-order valence-corrected chi connectivity index (χ2v) is 5.31. The first-order chi connectivity index (χ1) is 10.2. The highest BCUT2D eigenvalue weighted by Gasteiger charge is 2.07. The maximum atomic E-state index is 5.92. The van der Waals surface area contributed by atoms with Crippen molar-refractivity contribution in [3.8, 4) is 5.75 Å². The van der Waals surface area contributed by atoms with Crippen molar-refractivity contribution in [3.63, 3.8) is 0 Å². The highest BCUT2D eigenvalue weighted by Crippen LogP contribution is 2.25. The lowest BCUT2D eigenvalue weighted by Crippen LogP contribution is -2.03. The van der Waals surface area contributed by atoms with Crippen molar-refractivity contribution >= 4 is 16.6 Å². The minimum Gasteiger partial charge on any atom is -0.494 e. The van der Waals surface area contributed by atoms with Gasteiger partial charge >= 0.3 is 0 Å². The quantitative estimate of drug-likeness (QED) is 0.734. The Labute approximate surface area is 125 Å². The number of rotatable bonds is 4. The van der Waals surface area contributed by atoms with Crippen LogP contribution in [0.4, 0.5) is 5.69 Å². The zero-order valence-corrected chi connectivity index (χ0v) is 12.5. The van der Waals surface area contributed by atoms with E-state index in [9.17, 15) is 0 Å². The summed E-state index contributed by atoms with van der Waals surface area (Å²) >= 11 is 0. The molecule has 0 aliphatic carbocycles. The van der Waals surface area contributed by atoms with Crippen LogP contribution >= 0.6 is 0 Å². The number of aromatic nitrogens is 1. The third-order valence-corrected chi connectivity index (χ3v) is 3.65. The lowest BCUT2D eigenvalue weighted by Gasteiger charge is -2.12. The molecule has 108 valence electrons. The fourth-order valence-corrected chi connectivity index (χ4v) is 2.66. The van der Waals surface area contributed by atoms with Gasteiger partial charge in [0.25, 0.3) is 0 Å². The Morgan fingerprint density at radius 3 is 2.76 bits per heavy atom. The average Bonchev–Trinajstić information content (AvgIpc) is 2.84. The Morgan fingerprint density at radius 1 is 1.10 bits per heavy atom. The van der Waals surface area contributed by atoms with Crippen LogP contribution in [0.1, 0.15) is 18.1 Å². The molecule has 3 aromatic rings. The van der Waals surface area contributed by atoms with Crippen molar-refractivity contribution < 1.29 is 4.74 Å². The fourth-order valence-electron chi connectivity index (χ4n) is 2.66. The second kappa shape index (κ2) is 5.52. The summed E-state index contributed by atoms with van der Waals surface area (Å²) in [5, 5.41) is 1.26. The first-order valence-corrected chi connectivity index (χ1v) is 7.24. The van der Waals surface area contributed by atoms with Gasteiger partial charge in [-0.15, -0.1) is 0 Å². The zero-order chi connectivity index (χ0) is 14.8. The van der Waals surface area contributed by atoms with Gasteiger partial charge in [-0.3, -0.25) is 0 Å². The summed E-state index contributed by atoms with van der Waals surface area (Å²) in [5.41, 5.74) is 10.3. The largest absolute Gasteiger partial charge is 0.494 e. The van der Waals surface area contributed by atoms with Crippen LogP contribution < -0.4 is 10.5 Å². The lowest BCUT2D eigenvalue weighted by atomic mass is 10.1. The average molecular weight is 280 g/mol. The molecule has 0 saturated carbocycles. The Balaban J connectivity index is 2.00. The molecule has 1 aromatic heterocycles. The summed E-state index contributed by atoms with van der Waals surface area (Å²) in [6.07, 6.45) is 2.11. The van der Waals surface area contributed by atoms with E-state index < -0.39 is 0 Å². The Bertz CT molecular complexity index is 774. The number of nitrogens with two attached hydrogens (primary N) is 1. The molecule has 0 fully saturated rings. The Hall–Kier alpha value is -2.42. The molecule has 1 heterocycles. The molecule has 0 unspecified atom stereocenters. The zero-order valence-electron chi connectivity index (χ0n) is 12.5. The molecule has 0 aliphatic heterocycles. The number of nitrogens with zero attached hydrogens (tertiary/aromatic N) is 1. The van der Waals surface area contributed by atoms with Crippen LogP contribution in [0.15, 0.2) is 48.7 Å². The number of aryl methyl sites for hydroxylation is 1. The standard InChI is InChI=1S/C18H20N2O/c1-3-21-18-7-5-16(19)11-15(18)12-20-9-8-14-10-13(2)4-6-17(14)20/h4-11H,3,12,19H2,1-2H3. The van der Waals surface area contributed by atoms with Crippen LogP contribution in [0.2, 0.25) is 0 Å². The van der Waals surface area contributed by atoms with Gasteiger partial charge in [-0.25, -0.2) is 0 Å². The van der Waals surface area contributed by atoms with Crippen molar-refractivity contribution in [2.24, 2.45) is 0 Å². The van der Waals surface area contributed by atoms with Gasteiger partial charge in [-0.1, -0.05) is 11.6 Å². The van der Waals surface area contributed by atoms with E-state index in [0.29, 0.717) is 6.61 Å². The predicted octanol–water partition coefficient (Wildman–Crippen LogP) is 3.98. The lowest BCUT2D eigenvalue weighted by molar-refractivity contribution is 0.336. The molecule has 0 bridgehead atoms. The van der Waals surface area contributed by atoms with Gasteiger partial charge < -0.3 is 15.0 Å². The Morgan fingerprint density at radius 2 is 1.95 bits per heavy atom. The van der Waals surface area contributed by atoms with E-state index in [2.05, 4.69) is 42.0 Å². The molecule has 0 amide bonds. The van der Waals surface area contributed by atoms with Crippen LogP contribution in [-0.2, 0) is 6.54 Å². The van der Waals surface area contributed by atoms with Crippen molar-refractivity contribution in [1.82, 2.24) is 4.57 Å². The van der Waals surface area contributed by atoms with Crippen LogP contribution in [0, 0.1) is 6.92 Å². The molecule has 0 aliphatic rings. The van der Waals surface area contributed by atoms with Crippen molar-refractivity contribution in [1.29, 1.82) is 0 Å². The highest BCUT2D eigenvalue weighted by molar-refractivity contribution is 5.81. The molecule has 0 atom stereocenters. The van der Waals surface area contributed by atoms with Crippen LogP contribution in [-0.4, -0.2) is 11.2 Å². The van der Waals surface area contributed by atoms with Gasteiger partial charge in [0.15, 0.2) is 0 Å². The molecular weight excluding hydrogens is 260 g/mol. The Kier molecular flexibility index (Phi) is 3.57. The minimum absolute atomic E-state index is 0.655. The van der Waals surface area contributed by atoms with E-state index >= 15 is 0 Å². The molecular formula is C18H20N2O. The van der Waals surface area contributed by atoms with E-state index in [4.69, 9.17) is 10.5 Å². The molecule has 2 aromatic carbocycles. The normalized spacial score (nSPS) is 11.0. The van der Waals surface area contributed by atoms with E-state index in [1.54, 1.807) is 0 Å². The van der Waals surface area contributed by atoms with Gasteiger partial charge in [0.1, 0.15) is 5.75 Å². The van der Waals surface area contributed by atoms with E-state index in [0.717, 1.165) is 23.5 Å². The smallest absolute Gasteiger partial charge is 0.124 e. The number of hydrogen-bond acceptors (Lipinski definition) is 2. The first-order valence-electron chi connectivity index (χ1n) is 7.24. The third-order valence-electron chi connectivity index (χ3n) is 3.65. The van der Waals surface area contributed by atoms with Crippen molar-refractivity contribution in [3.05, 3.63) is 59.8 Å². The summed E-state index contributed by atoms with van der Waals surface area (Å²) < 4.78 is 7.93. The molecule has 3 heteroatoms. The van der Waals surface area contributed by atoms with Crippen LogP contribution in [0.3, 0.4) is 0 Å². The predicted molar refractivity (Wildman–Crippen MR) is 87.8 cm³/mol. The summed E-state index contributed by atoms with van der Waals surface area (Å²) in [5.74, 6) is 0.903. The number of anilines is 1. The van der Waals surface area contributed by atoms with Crippen LogP contribution in [0.25, 0.3) is 10.9 Å². The molecule has 3 rings (SSSR count). The minimum atomic E-state index is 0.655. The highest BCUT2D eigenvalue weighted by atomic mass is 16.5. The van der Waals surface area contributed by atoms with Gasteiger partial charge in [0.2, 0.25) is 0 Å². The molecule has 0 saturated heterocycles. The molecule has 2 N–H and O–H groups in total. The number of ether oxygens (including phenoxy) is 1. The fraction of sp³-hybridized carbons (Fsp3) is 0.222. The number of fused-ring (bicyclic) bond motifs is 1. The molecule has 21 heavy (non-hydrogen) atoms. The first kappa shape index (κ1) is 13.6. The van der Waals surface area contributed by atoms with Gasteiger partial charge in [-0.2, -0.15) is 0 Å². The monoisotopic (exact) mass is 280 g/mol. The molecule has 3 nitrogen and oxygen atoms in total. The number of benzene rings is 2. The van der Waals surface area contributed by atoms with E-state index in [1.807, 2.05) is 25.1 Å². The summed E-state index contributed by atoms with van der Waals surface area (Å²) in [6, 6.07) is 14.5. The van der Waals surface area contributed by atoms with E-state index in [1.165, 1.54) is 16.5 Å². The third kappa shape index (κ3) is 2.72. The molecule has 0 spiro atoms. The van der Waals surface area contributed by atoms with Gasteiger partial charge in [0.05, 0.1) is 13.2 Å².